The summed E-state index contributed by atoms with van der Waals surface area (Å²) in [6, 6.07) is 8.69. The van der Waals surface area contributed by atoms with Crippen molar-refractivity contribution in [3.63, 3.8) is 0 Å². The molecule has 5 nitrogen and oxygen atoms in total. The lowest BCUT2D eigenvalue weighted by atomic mass is 10.1. The Kier molecular flexibility index (Phi) is 5.60. The fourth-order valence-electron chi connectivity index (χ4n) is 1.88. The summed E-state index contributed by atoms with van der Waals surface area (Å²) < 4.78 is 0. The van der Waals surface area contributed by atoms with Crippen molar-refractivity contribution in [2.75, 3.05) is 13.1 Å². The van der Waals surface area contributed by atoms with Gasteiger partial charge in [-0.15, -0.1) is 0 Å². The van der Waals surface area contributed by atoms with Crippen LogP contribution in [-0.2, 0) is 11.3 Å². The lowest BCUT2D eigenvalue weighted by molar-refractivity contribution is -0.120. The van der Waals surface area contributed by atoms with Crippen LogP contribution in [0.1, 0.15) is 30.9 Å². The number of nitrogens with zero attached hydrogens (tertiary/aromatic N) is 1. The number of hydrogen-bond donors (Lipinski definition) is 3. The number of hydrogen-bond acceptors (Lipinski definition) is 2. The highest BCUT2D eigenvalue weighted by atomic mass is 16.2. The SMILES string of the molecule is CCNC(=NCc1ccc(C)cc1)NCC(=O)NC1CC1. The van der Waals surface area contributed by atoms with Gasteiger partial charge in [0.05, 0.1) is 13.1 Å². The first-order chi connectivity index (χ1) is 10.2. The number of aryl methyl sites for hydroxylation is 1. The molecule has 0 bridgehead atoms. The van der Waals surface area contributed by atoms with E-state index in [0.717, 1.165) is 24.9 Å². The minimum Gasteiger partial charge on any atom is -0.357 e. The van der Waals surface area contributed by atoms with Gasteiger partial charge in [0, 0.05) is 12.6 Å². The normalized spacial score (nSPS) is 14.7. The zero-order chi connectivity index (χ0) is 15.1. The van der Waals surface area contributed by atoms with Crippen LogP contribution in [-0.4, -0.2) is 31.0 Å². The summed E-state index contributed by atoms with van der Waals surface area (Å²) in [7, 11) is 0. The zero-order valence-corrected chi connectivity index (χ0v) is 12.8. The average molecular weight is 288 g/mol. The number of guanidine groups is 1. The molecule has 0 saturated heterocycles. The largest absolute Gasteiger partial charge is 0.357 e. The highest BCUT2D eigenvalue weighted by Gasteiger charge is 2.22. The van der Waals surface area contributed by atoms with E-state index < -0.39 is 0 Å². The molecule has 1 saturated carbocycles. The van der Waals surface area contributed by atoms with Gasteiger partial charge in [-0.2, -0.15) is 0 Å². The molecule has 0 atom stereocenters. The van der Waals surface area contributed by atoms with Crippen molar-refractivity contribution < 1.29 is 4.79 Å². The first kappa shape index (κ1) is 15.4. The van der Waals surface area contributed by atoms with Crippen LogP contribution in [0, 0.1) is 6.92 Å². The van der Waals surface area contributed by atoms with Crippen LogP contribution >= 0.6 is 0 Å². The van der Waals surface area contributed by atoms with Gasteiger partial charge in [-0.05, 0) is 32.3 Å². The molecule has 2 rings (SSSR count). The number of carbonyl (C=O) groups is 1. The van der Waals surface area contributed by atoms with Crippen molar-refractivity contribution in [2.45, 2.75) is 39.3 Å². The van der Waals surface area contributed by atoms with Gasteiger partial charge in [-0.3, -0.25) is 4.79 Å². The predicted octanol–water partition coefficient (Wildman–Crippen LogP) is 1.33. The van der Waals surface area contributed by atoms with E-state index in [2.05, 4.69) is 52.1 Å². The van der Waals surface area contributed by atoms with E-state index >= 15 is 0 Å². The molecule has 1 fully saturated rings. The topological polar surface area (TPSA) is 65.5 Å². The van der Waals surface area contributed by atoms with Crippen LogP contribution in [0.15, 0.2) is 29.3 Å². The number of rotatable bonds is 6. The summed E-state index contributed by atoms with van der Waals surface area (Å²) in [5, 5.41) is 9.16. The Morgan fingerprint density at radius 3 is 2.57 bits per heavy atom. The summed E-state index contributed by atoms with van der Waals surface area (Å²) in [5.41, 5.74) is 2.39. The maximum absolute atomic E-state index is 11.7. The van der Waals surface area contributed by atoms with E-state index in [9.17, 15) is 4.79 Å². The van der Waals surface area contributed by atoms with Crippen LogP contribution in [0.3, 0.4) is 0 Å². The Labute approximate surface area is 126 Å². The van der Waals surface area contributed by atoms with Gasteiger partial charge in [-0.25, -0.2) is 4.99 Å². The van der Waals surface area contributed by atoms with Gasteiger partial charge >= 0.3 is 0 Å². The molecule has 0 radical (unpaired) electrons. The second-order valence-corrected chi connectivity index (χ2v) is 5.38. The van der Waals surface area contributed by atoms with Crippen LogP contribution < -0.4 is 16.0 Å². The van der Waals surface area contributed by atoms with Crippen molar-refractivity contribution in [2.24, 2.45) is 4.99 Å². The maximum Gasteiger partial charge on any atom is 0.239 e. The number of carbonyl (C=O) groups excluding carboxylic acids is 1. The molecule has 0 heterocycles. The monoisotopic (exact) mass is 288 g/mol. The molecule has 0 aliphatic heterocycles. The standard InChI is InChI=1S/C16H24N4O/c1-3-17-16(19-11-15(21)20-14-8-9-14)18-10-13-6-4-12(2)5-7-13/h4-7,14H,3,8-11H2,1-2H3,(H,20,21)(H2,17,18,19). The van der Waals surface area contributed by atoms with Gasteiger partial charge in [0.15, 0.2) is 5.96 Å². The number of nitrogens with one attached hydrogen (secondary N) is 3. The number of aliphatic imine (C=N–C) groups is 1. The Morgan fingerprint density at radius 2 is 1.95 bits per heavy atom. The number of amides is 1. The first-order valence-electron chi connectivity index (χ1n) is 7.54. The Balaban J connectivity index is 1.82. The second-order valence-electron chi connectivity index (χ2n) is 5.38. The molecule has 21 heavy (non-hydrogen) atoms. The van der Waals surface area contributed by atoms with Gasteiger partial charge in [0.2, 0.25) is 5.91 Å². The van der Waals surface area contributed by atoms with Crippen LogP contribution in [0.2, 0.25) is 0 Å². The quantitative estimate of drug-likeness (QED) is 0.546. The molecule has 1 amide bonds. The zero-order valence-electron chi connectivity index (χ0n) is 12.8. The molecular formula is C16H24N4O. The molecule has 0 aromatic heterocycles. The molecule has 5 heteroatoms. The van der Waals surface area contributed by atoms with E-state index in [1.54, 1.807) is 0 Å². The third kappa shape index (κ3) is 5.85. The van der Waals surface area contributed by atoms with E-state index in [0.29, 0.717) is 18.5 Å². The lowest BCUT2D eigenvalue weighted by Crippen LogP contribution is -2.43. The van der Waals surface area contributed by atoms with Gasteiger partial charge in [0.1, 0.15) is 0 Å². The summed E-state index contributed by atoms with van der Waals surface area (Å²) in [4.78, 5) is 16.2. The number of benzene rings is 1. The molecule has 0 spiro atoms. The Bertz CT molecular complexity index is 492. The minimum absolute atomic E-state index is 0.0263. The summed E-state index contributed by atoms with van der Waals surface area (Å²) >= 11 is 0. The van der Waals surface area contributed by atoms with Gasteiger partial charge in [-0.1, -0.05) is 29.8 Å². The molecule has 114 valence electrons. The van der Waals surface area contributed by atoms with Gasteiger partial charge in [0.25, 0.3) is 0 Å². The predicted molar refractivity (Wildman–Crippen MR) is 85.2 cm³/mol. The van der Waals surface area contributed by atoms with Crippen molar-refractivity contribution in [1.29, 1.82) is 0 Å². The van der Waals surface area contributed by atoms with Crippen LogP contribution in [0.4, 0.5) is 0 Å². The van der Waals surface area contributed by atoms with Crippen molar-refractivity contribution in [3.8, 4) is 0 Å². The molecule has 0 unspecified atom stereocenters. The van der Waals surface area contributed by atoms with Gasteiger partial charge < -0.3 is 16.0 Å². The minimum atomic E-state index is 0.0263. The van der Waals surface area contributed by atoms with E-state index in [1.807, 2.05) is 6.92 Å². The first-order valence-corrected chi connectivity index (χ1v) is 7.54. The van der Waals surface area contributed by atoms with E-state index in [1.165, 1.54) is 5.56 Å². The highest BCUT2D eigenvalue weighted by Crippen LogP contribution is 2.18. The summed E-state index contributed by atoms with van der Waals surface area (Å²) in [5.74, 6) is 0.697. The van der Waals surface area contributed by atoms with Crippen LogP contribution in [0.5, 0.6) is 0 Å². The third-order valence-electron chi connectivity index (χ3n) is 3.24. The summed E-state index contributed by atoms with van der Waals surface area (Å²) in [6.45, 7) is 5.70. The fraction of sp³-hybridized carbons (Fsp3) is 0.500. The van der Waals surface area contributed by atoms with Crippen molar-refractivity contribution >= 4 is 11.9 Å². The third-order valence-corrected chi connectivity index (χ3v) is 3.24. The molecule has 1 aliphatic rings. The molecular weight excluding hydrogens is 264 g/mol. The van der Waals surface area contributed by atoms with E-state index in [-0.39, 0.29) is 12.5 Å². The maximum atomic E-state index is 11.7. The molecule has 1 aromatic carbocycles. The Morgan fingerprint density at radius 1 is 1.24 bits per heavy atom. The smallest absolute Gasteiger partial charge is 0.239 e. The van der Waals surface area contributed by atoms with Crippen molar-refractivity contribution in [1.82, 2.24) is 16.0 Å². The van der Waals surface area contributed by atoms with Crippen LogP contribution in [0.25, 0.3) is 0 Å². The fourth-order valence-corrected chi connectivity index (χ4v) is 1.88. The second kappa shape index (κ2) is 7.67. The average Bonchev–Trinajstić information content (AvgIpc) is 3.27. The lowest BCUT2D eigenvalue weighted by Gasteiger charge is -2.11. The summed E-state index contributed by atoms with van der Waals surface area (Å²) in [6.07, 6.45) is 2.21. The van der Waals surface area contributed by atoms with E-state index in [4.69, 9.17) is 0 Å². The molecule has 1 aromatic rings. The Hall–Kier alpha value is -2.04. The van der Waals surface area contributed by atoms with Crippen molar-refractivity contribution in [3.05, 3.63) is 35.4 Å². The molecule has 3 N–H and O–H groups in total. The highest BCUT2D eigenvalue weighted by molar-refractivity contribution is 5.86. The molecule has 1 aliphatic carbocycles.